The van der Waals surface area contributed by atoms with Crippen LogP contribution in [0.1, 0.15) is 43.9 Å². The fraction of sp³-hybridized carbons (Fsp3) is 0.385. The molecule has 2 heterocycles. The van der Waals surface area contributed by atoms with Crippen LogP contribution in [0.3, 0.4) is 0 Å². The number of nitrogens with one attached hydrogen (secondary N) is 1. The van der Waals surface area contributed by atoms with Crippen molar-refractivity contribution in [2.24, 2.45) is 0 Å². The van der Waals surface area contributed by atoms with Gasteiger partial charge in [0.2, 0.25) is 5.91 Å². The van der Waals surface area contributed by atoms with E-state index in [0.29, 0.717) is 61.5 Å². The number of amides is 4. The van der Waals surface area contributed by atoms with E-state index in [1.54, 1.807) is 55.6 Å². The van der Waals surface area contributed by atoms with Crippen LogP contribution in [-0.2, 0) is 4.79 Å². The molecule has 9 nitrogen and oxygen atoms in total. The smallest absolute Gasteiger partial charge is 0.261 e. The second-order valence-electron chi connectivity index (χ2n) is 8.62. The van der Waals surface area contributed by atoms with Gasteiger partial charge in [-0.15, -0.1) is 0 Å². The van der Waals surface area contributed by atoms with Crippen LogP contribution in [0.25, 0.3) is 0 Å². The van der Waals surface area contributed by atoms with Crippen molar-refractivity contribution in [1.29, 1.82) is 0 Å². The van der Waals surface area contributed by atoms with Crippen molar-refractivity contribution in [1.82, 2.24) is 20.0 Å². The van der Waals surface area contributed by atoms with Crippen LogP contribution in [0, 0.1) is 0 Å². The highest BCUT2D eigenvalue weighted by Crippen LogP contribution is 2.22. The molecule has 1 saturated heterocycles. The number of rotatable bonds is 9. The second-order valence-corrected chi connectivity index (χ2v) is 8.62. The molecule has 1 fully saturated rings. The maximum Gasteiger partial charge on any atom is 0.261 e. The maximum absolute atomic E-state index is 12.6. The minimum atomic E-state index is -0.286. The summed E-state index contributed by atoms with van der Waals surface area (Å²) in [4.78, 5) is 55.0. The van der Waals surface area contributed by atoms with Gasteiger partial charge in [-0.3, -0.25) is 29.0 Å². The van der Waals surface area contributed by atoms with Gasteiger partial charge in [0.15, 0.2) is 0 Å². The summed E-state index contributed by atoms with van der Waals surface area (Å²) in [5.74, 6) is 0.0441. The fourth-order valence-electron chi connectivity index (χ4n) is 4.38. The first-order valence-electron chi connectivity index (χ1n) is 11.9. The molecule has 2 aromatic carbocycles. The molecule has 0 spiro atoms. The third-order valence-electron chi connectivity index (χ3n) is 6.44. The van der Waals surface area contributed by atoms with Gasteiger partial charge in [0, 0.05) is 57.8 Å². The summed E-state index contributed by atoms with van der Waals surface area (Å²) in [6.07, 6.45) is 0.743. The summed E-state index contributed by atoms with van der Waals surface area (Å²) in [7, 11) is 1.58. The van der Waals surface area contributed by atoms with Crippen molar-refractivity contribution >= 4 is 23.6 Å². The molecule has 2 aromatic rings. The lowest BCUT2D eigenvalue weighted by Crippen LogP contribution is -2.50. The predicted molar refractivity (Wildman–Crippen MR) is 129 cm³/mol. The monoisotopic (exact) mass is 478 g/mol. The highest BCUT2D eigenvalue weighted by atomic mass is 16.5. The average Bonchev–Trinajstić information content (AvgIpc) is 3.14. The molecule has 0 aliphatic carbocycles. The molecule has 9 heteroatoms. The third kappa shape index (κ3) is 5.68. The summed E-state index contributed by atoms with van der Waals surface area (Å²) in [5, 5.41) is 2.92. The number of hydrogen-bond donors (Lipinski definition) is 1. The van der Waals surface area contributed by atoms with Crippen LogP contribution in [-0.4, -0.2) is 91.3 Å². The summed E-state index contributed by atoms with van der Waals surface area (Å²) in [5.41, 5.74) is 1.45. The fourth-order valence-corrected chi connectivity index (χ4v) is 4.38. The van der Waals surface area contributed by atoms with Gasteiger partial charge < -0.3 is 15.0 Å². The van der Waals surface area contributed by atoms with E-state index in [1.807, 2.05) is 4.90 Å². The molecule has 0 saturated carbocycles. The minimum absolute atomic E-state index is 0.0362. The first-order valence-corrected chi connectivity index (χ1v) is 11.9. The van der Waals surface area contributed by atoms with E-state index in [2.05, 4.69) is 10.2 Å². The van der Waals surface area contributed by atoms with Gasteiger partial charge in [0.1, 0.15) is 5.75 Å². The Balaban J connectivity index is 1.13. The molecule has 0 atom stereocenters. The molecule has 2 aliphatic heterocycles. The average molecular weight is 479 g/mol. The van der Waals surface area contributed by atoms with E-state index in [0.717, 1.165) is 13.1 Å². The molecule has 35 heavy (non-hydrogen) atoms. The van der Waals surface area contributed by atoms with Crippen molar-refractivity contribution in [2.75, 3.05) is 52.9 Å². The summed E-state index contributed by atoms with van der Waals surface area (Å²) in [6.45, 7) is 4.20. The van der Waals surface area contributed by atoms with E-state index < -0.39 is 0 Å². The Morgan fingerprint density at radius 1 is 0.886 bits per heavy atom. The van der Waals surface area contributed by atoms with Crippen LogP contribution >= 0.6 is 0 Å². The topological polar surface area (TPSA) is 99.3 Å². The van der Waals surface area contributed by atoms with Gasteiger partial charge in [-0.25, -0.2) is 0 Å². The molecule has 4 rings (SSSR count). The molecular weight excluding hydrogens is 448 g/mol. The van der Waals surface area contributed by atoms with E-state index in [9.17, 15) is 19.2 Å². The largest absolute Gasteiger partial charge is 0.497 e. The number of piperazine rings is 1. The van der Waals surface area contributed by atoms with Crippen LogP contribution < -0.4 is 10.1 Å². The zero-order chi connectivity index (χ0) is 24.8. The molecule has 0 radical (unpaired) electrons. The Kier molecular flexibility index (Phi) is 7.77. The Hall–Kier alpha value is -3.72. The zero-order valence-electron chi connectivity index (χ0n) is 19.9. The van der Waals surface area contributed by atoms with Crippen LogP contribution in [0.15, 0.2) is 48.5 Å². The number of carbonyl (C=O) groups excluding carboxylic acids is 4. The first kappa shape index (κ1) is 24.4. The van der Waals surface area contributed by atoms with Crippen molar-refractivity contribution in [3.63, 3.8) is 0 Å². The molecule has 0 unspecified atom stereocenters. The molecule has 1 N–H and O–H groups in total. The Bertz CT molecular complexity index is 1060. The van der Waals surface area contributed by atoms with Crippen molar-refractivity contribution in [3.05, 3.63) is 65.2 Å². The number of nitrogens with zero attached hydrogens (tertiary/aromatic N) is 3. The van der Waals surface area contributed by atoms with E-state index in [4.69, 9.17) is 4.74 Å². The van der Waals surface area contributed by atoms with E-state index in [1.165, 1.54) is 4.90 Å². The van der Waals surface area contributed by atoms with Gasteiger partial charge in [0.25, 0.3) is 17.7 Å². The number of benzene rings is 2. The van der Waals surface area contributed by atoms with Gasteiger partial charge in [-0.1, -0.05) is 12.1 Å². The Morgan fingerprint density at radius 3 is 2.11 bits per heavy atom. The van der Waals surface area contributed by atoms with Gasteiger partial charge in [-0.2, -0.15) is 0 Å². The Morgan fingerprint density at radius 2 is 1.51 bits per heavy atom. The SMILES string of the molecule is COc1ccc(C(=O)NCCN2CCN(C(=O)CCCN3C(=O)c4ccccc4C3=O)CC2)cc1. The standard InChI is InChI=1S/C26H30N4O5/c1-35-20-10-8-19(9-11-20)24(32)27-12-14-28-15-17-29(18-16-28)23(31)7-4-13-30-25(33)21-5-2-3-6-22(21)26(30)34/h2-3,5-6,8-11H,4,7,12-18H2,1H3,(H,27,32). The lowest BCUT2D eigenvalue weighted by molar-refractivity contribution is -0.133. The number of hydrogen-bond acceptors (Lipinski definition) is 6. The van der Waals surface area contributed by atoms with Gasteiger partial charge in [0.05, 0.1) is 18.2 Å². The molecule has 2 aliphatic rings. The van der Waals surface area contributed by atoms with Gasteiger partial charge >= 0.3 is 0 Å². The van der Waals surface area contributed by atoms with Crippen LogP contribution in [0.2, 0.25) is 0 Å². The number of fused-ring (bicyclic) bond motifs is 1. The molecule has 0 aromatic heterocycles. The van der Waals surface area contributed by atoms with Crippen molar-refractivity contribution in [2.45, 2.75) is 12.8 Å². The van der Waals surface area contributed by atoms with Crippen LogP contribution in [0.5, 0.6) is 5.75 Å². The van der Waals surface area contributed by atoms with Crippen LogP contribution in [0.4, 0.5) is 0 Å². The molecule has 0 bridgehead atoms. The Labute approximate surface area is 204 Å². The number of carbonyl (C=O) groups is 4. The van der Waals surface area contributed by atoms with Gasteiger partial charge in [-0.05, 0) is 42.8 Å². The molecule has 4 amide bonds. The van der Waals surface area contributed by atoms with Crippen molar-refractivity contribution in [3.8, 4) is 5.75 Å². The first-order chi connectivity index (χ1) is 17.0. The van der Waals surface area contributed by atoms with E-state index >= 15 is 0 Å². The molecular formula is C26H30N4O5. The number of methoxy groups -OCH3 is 1. The highest BCUT2D eigenvalue weighted by molar-refractivity contribution is 6.21. The quantitative estimate of drug-likeness (QED) is 0.551. The summed E-state index contributed by atoms with van der Waals surface area (Å²) >= 11 is 0. The maximum atomic E-state index is 12.6. The summed E-state index contributed by atoms with van der Waals surface area (Å²) in [6, 6.07) is 13.8. The lowest BCUT2D eigenvalue weighted by atomic mass is 10.1. The number of ether oxygens (including phenoxy) is 1. The zero-order valence-corrected chi connectivity index (χ0v) is 19.9. The number of imide groups is 1. The van der Waals surface area contributed by atoms with E-state index in [-0.39, 0.29) is 30.2 Å². The second kappa shape index (κ2) is 11.1. The van der Waals surface area contributed by atoms with Crippen molar-refractivity contribution < 1.29 is 23.9 Å². The highest BCUT2D eigenvalue weighted by Gasteiger charge is 2.34. The third-order valence-corrected chi connectivity index (χ3v) is 6.44. The minimum Gasteiger partial charge on any atom is -0.497 e. The molecule has 184 valence electrons. The normalized spacial score (nSPS) is 15.8. The summed E-state index contributed by atoms with van der Waals surface area (Å²) < 4.78 is 5.10. The lowest BCUT2D eigenvalue weighted by Gasteiger charge is -2.34. The predicted octanol–water partition coefficient (Wildman–Crippen LogP) is 1.65.